The number of rotatable bonds is 10. The predicted molar refractivity (Wildman–Crippen MR) is 116 cm³/mol. The quantitative estimate of drug-likeness (QED) is 0.273. The van der Waals surface area contributed by atoms with Gasteiger partial charge in [0.1, 0.15) is 0 Å². The van der Waals surface area contributed by atoms with E-state index in [0.29, 0.717) is 30.8 Å². The minimum absolute atomic E-state index is 0.0338. The van der Waals surface area contributed by atoms with Crippen LogP contribution < -0.4 is 10.1 Å². The number of nitrogens with zero attached hydrogens (tertiary/aromatic N) is 4. The fraction of sp³-hybridized carbons (Fsp3) is 0.263. The van der Waals surface area contributed by atoms with E-state index >= 15 is 0 Å². The van der Waals surface area contributed by atoms with Crippen LogP contribution in [-0.2, 0) is 14.8 Å². The molecule has 31 heavy (non-hydrogen) atoms. The molecule has 0 aliphatic carbocycles. The highest BCUT2D eigenvalue weighted by Crippen LogP contribution is 2.25. The Morgan fingerprint density at radius 1 is 1.10 bits per heavy atom. The first kappa shape index (κ1) is 22.3. The van der Waals surface area contributed by atoms with Gasteiger partial charge in [0.25, 0.3) is 15.7 Å². The third kappa shape index (κ3) is 5.63. The Morgan fingerprint density at radius 2 is 1.77 bits per heavy atom. The number of likely N-dealkylation sites (N-methyl/N-ethyl adjacent to an activating group) is 1. The predicted octanol–water partition coefficient (Wildman–Crippen LogP) is 2.63. The van der Waals surface area contributed by atoms with Crippen LogP contribution in [0, 0.1) is 10.1 Å². The van der Waals surface area contributed by atoms with Gasteiger partial charge in [0.2, 0.25) is 0 Å². The highest BCUT2D eigenvalue weighted by Gasteiger charge is 2.21. The van der Waals surface area contributed by atoms with Crippen LogP contribution in [0.5, 0.6) is 0 Å². The lowest BCUT2D eigenvalue weighted by Crippen LogP contribution is -2.30. The fourth-order valence-electron chi connectivity index (χ4n) is 2.68. The molecule has 0 bridgehead atoms. The Labute approximate surface area is 179 Å². The maximum atomic E-state index is 12.9. The van der Waals surface area contributed by atoms with Crippen molar-refractivity contribution in [1.29, 1.82) is 0 Å². The monoisotopic (exact) mass is 446 g/mol. The van der Waals surface area contributed by atoms with Crippen LogP contribution in [0.4, 0.5) is 17.3 Å². The van der Waals surface area contributed by atoms with Gasteiger partial charge in [-0.3, -0.25) is 14.8 Å². The van der Waals surface area contributed by atoms with E-state index in [2.05, 4.69) is 20.1 Å². The van der Waals surface area contributed by atoms with Crippen molar-refractivity contribution in [2.24, 2.45) is 0 Å². The highest BCUT2D eigenvalue weighted by atomic mass is 32.2. The summed E-state index contributed by atoms with van der Waals surface area (Å²) in [6, 6.07) is 11.8. The SMILES string of the molecule is CCOCCN(C)Nc1nc2ccccc2nc1NS(=O)(=O)c1cccc([N+](=O)[O-])c1. The van der Waals surface area contributed by atoms with E-state index in [9.17, 15) is 18.5 Å². The Bertz CT molecular complexity index is 1190. The normalized spacial score (nSPS) is 11.6. The van der Waals surface area contributed by atoms with Crippen LogP contribution in [0.25, 0.3) is 11.0 Å². The van der Waals surface area contributed by atoms with Crippen LogP contribution in [0.2, 0.25) is 0 Å². The number of benzene rings is 2. The molecule has 12 heteroatoms. The van der Waals surface area contributed by atoms with Gasteiger partial charge in [0, 0.05) is 32.3 Å². The number of para-hydroxylation sites is 2. The Hall–Kier alpha value is -3.35. The first-order chi connectivity index (χ1) is 14.8. The number of ether oxygens (including phenoxy) is 1. The molecule has 0 atom stereocenters. The Balaban J connectivity index is 1.95. The molecule has 0 unspecified atom stereocenters. The number of nitro benzene ring substituents is 1. The zero-order chi connectivity index (χ0) is 22.4. The van der Waals surface area contributed by atoms with Gasteiger partial charge < -0.3 is 10.2 Å². The molecule has 0 saturated carbocycles. The number of anilines is 2. The van der Waals surface area contributed by atoms with Gasteiger partial charge in [-0.25, -0.2) is 23.4 Å². The van der Waals surface area contributed by atoms with Crippen molar-refractivity contribution in [2.45, 2.75) is 11.8 Å². The molecule has 0 spiro atoms. The van der Waals surface area contributed by atoms with Crippen molar-refractivity contribution >= 4 is 38.4 Å². The highest BCUT2D eigenvalue weighted by molar-refractivity contribution is 7.92. The second-order valence-electron chi connectivity index (χ2n) is 6.50. The number of non-ortho nitro benzene ring substituents is 1. The number of hydrogen-bond acceptors (Lipinski definition) is 9. The largest absolute Gasteiger partial charge is 0.380 e. The van der Waals surface area contributed by atoms with E-state index in [4.69, 9.17) is 4.74 Å². The standard InChI is InChI=1S/C19H22N6O5S/c1-3-30-12-11-24(2)22-18-19(21-17-10-5-4-9-16(17)20-18)23-31(28,29)15-8-6-7-14(13-15)25(26)27/h4-10,13H,3,11-12H2,1-2H3,(H,20,22)(H,21,23). The first-order valence-electron chi connectivity index (χ1n) is 9.39. The summed E-state index contributed by atoms with van der Waals surface area (Å²) in [4.78, 5) is 19.0. The fourth-order valence-corrected chi connectivity index (χ4v) is 3.73. The van der Waals surface area contributed by atoms with Gasteiger partial charge in [0.15, 0.2) is 11.6 Å². The maximum absolute atomic E-state index is 12.9. The minimum Gasteiger partial charge on any atom is -0.380 e. The smallest absolute Gasteiger partial charge is 0.270 e. The summed E-state index contributed by atoms with van der Waals surface area (Å²) in [6.45, 7) is 3.45. The average molecular weight is 446 g/mol. The first-order valence-corrected chi connectivity index (χ1v) is 10.9. The van der Waals surface area contributed by atoms with Gasteiger partial charge in [-0.05, 0) is 25.1 Å². The topological polar surface area (TPSA) is 140 Å². The average Bonchev–Trinajstić information content (AvgIpc) is 2.74. The summed E-state index contributed by atoms with van der Waals surface area (Å²) in [5.74, 6) is 0.153. The van der Waals surface area contributed by atoms with Gasteiger partial charge >= 0.3 is 0 Å². The van der Waals surface area contributed by atoms with E-state index < -0.39 is 14.9 Å². The van der Waals surface area contributed by atoms with E-state index in [0.717, 1.165) is 6.07 Å². The number of sulfonamides is 1. The van der Waals surface area contributed by atoms with Crippen molar-refractivity contribution < 1.29 is 18.1 Å². The van der Waals surface area contributed by atoms with E-state index in [1.54, 1.807) is 36.3 Å². The molecular weight excluding hydrogens is 424 g/mol. The molecule has 164 valence electrons. The van der Waals surface area contributed by atoms with Gasteiger partial charge in [-0.1, -0.05) is 18.2 Å². The number of hydrogen-bond donors (Lipinski definition) is 2. The molecule has 0 aliphatic rings. The maximum Gasteiger partial charge on any atom is 0.270 e. The summed E-state index contributed by atoms with van der Waals surface area (Å²) in [5, 5.41) is 12.7. The van der Waals surface area contributed by atoms with Crippen molar-refractivity contribution in [3.63, 3.8) is 0 Å². The lowest BCUT2D eigenvalue weighted by Gasteiger charge is -2.20. The van der Waals surface area contributed by atoms with Gasteiger partial charge in [0.05, 0.1) is 27.5 Å². The summed E-state index contributed by atoms with van der Waals surface area (Å²) in [5.41, 5.74) is 3.74. The molecule has 11 nitrogen and oxygen atoms in total. The number of fused-ring (bicyclic) bond motifs is 1. The van der Waals surface area contributed by atoms with Crippen molar-refractivity contribution in [3.8, 4) is 0 Å². The number of nitrogens with one attached hydrogen (secondary N) is 2. The van der Waals surface area contributed by atoms with Crippen LogP contribution >= 0.6 is 0 Å². The molecule has 0 aliphatic heterocycles. The summed E-state index contributed by atoms with van der Waals surface area (Å²) in [7, 11) is -2.40. The van der Waals surface area contributed by atoms with Crippen LogP contribution in [-0.4, -0.2) is 55.1 Å². The zero-order valence-corrected chi connectivity index (χ0v) is 17.8. The van der Waals surface area contributed by atoms with Gasteiger partial charge in [-0.2, -0.15) is 0 Å². The molecule has 0 amide bonds. The molecule has 0 fully saturated rings. The summed E-state index contributed by atoms with van der Waals surface area (Å²) < 4.78 is 33.5. The molecule has 1 heterocycles. The molecule has 3 aromatic rings. The summed E-state index contributed by atoms with van der Waals surface area (Å²) in [6.07, 6.45) is 0. The lowest BCUT2D eigenvalue weighted by atomic mass is 10.3. The van der Waals surface area contributed by atoms with Gasteiger partial charge in [-0.15, -0.1) is 0 Å². The van der Waals surface area contributed by atoms with Crippen LogP contribution in [0.3, 0.4) is 0 Å². The van der Waals surface area contributed by atoms with Crippen molar-refractivity contribution in [2.75, 3.05) is 37.0 Å². The third-order valence-electron chi connectivity index (χ3n) is 4.21. The van der Waals surface area contributed by atoms with Crippen molar-refractivity contribution in [3.05, 3.63) is 58.6 Å². The van der Waals surface area contributed by atoms with E-state index in [1.807, 2.05) is 6.92 Å². The van der Waals surface area contributed by atoms with E-state index in [-0.39, 0.29) is 22.2 Å². The second-order valence-corrected chi connectivity index (χ2v) is 8.18. The molecular formula is C19H22N6O5S. The Kier molecular flexibility index (Phi) is 6.95. The molecule has 2 N–H and O–H groups in total. The minimum atomic E-state index is -4.16. The van der Waals surface area contributed by atoms with Crippen LogP contribution in [0.15, 0.2) is 53.4 Å². The van der Waals surface area contributed by atoms with Crippen LogP contribution in [0.1, 0.15) is 6.92 Å². The number of aromatic nitrogens is 2. The molecule has 2 aromatic carbocycles. The zero-order valence-electron chi connectivity index (χ0n) is 17.0. The number of nitro groups is 1. The molecule has 1 aromatic heterocycles. The molecule has 3 rings (SSSR count). The number of hydrazine groups is 1. The third-order valence-corrected chi connectivity index (χ3v) is 5.55. The van der Waals surface area contributed by atoms with Crippen molar-refractivity contribution in [1.82, 2.24) is 15.0 Å². The molecule has 0 radical (unpaired) electrons. The Morgan fingerprint density at radius 3 is 2.42 bits per heavy atom. The second kappa shape index (κ2) is 9.64. The molecule has 0 saturated heterocycles. The van der Waals surface area contributed by atoms with E-state index in [1.165, 1.54) is 18.2 Å². The summed E-state index contributed by atoms with van der Waals surface area (Å²) >= 11 is 0. The lowest BCUT2D eigenvalue weighted by molar-refractivity contribution is -0.385.